The maximum atomic E-state index is 5.84. The molecule has 1 aromatic heterocycles. The normalized spacial score (nSPS) is 13.7. The average molecular weight is 269 g/mol. The summed E-state index contributed by atoms with van der Waals surface area (Å²) in [5.41, 5.74) is 2.87. The van der Waals surface area contributed by atoms with Crippen LogP contribution < -0.4 is 10.1 Å². The van der Waals surface area contributed by atoms with Crippen LogP contribution in [0.5, 0.6) is 11.6 Å². The molecule has 0 bridgehead atoms. The molecule has 0 saturated heterocycles. The van der Waals surface area contributed by atoms with Crippen molar-refractivity contribution < 1.29 is 4.74 Å². The van der Waals surface area contributed by atoms with E-state index in [1.54, 1.807) is 12.3 Å². The first kappa shape index (κ1) is 12.9. The molecule has 0 fully saturated rings. The molecule has 1 aromatic carbocycles. The number of rotatable bonds is 4. The van der Waals surface area contributed by atoms with Crippen LogP contribution in [0.4, 0.5) is 5.95 Å². The van der Waals surface area contributed by atoms with Crippen molar-refractivity contribution in [3.8, 4) is 11.6 Å². The predicted octanol–water partition coefficient (Wildman–Crippen LogP) is 3.58. The van der Waals surface area contributed by atoms with Crippen LogP contribution in [-0.4, -0.2) is 16.5 Å². The van der Waals surface area contributed by atoms with Gasteiger partial charge in [-0.05, 0) is 55.9 Å². The van der Waals surface area contributed by atoms with Gasteiger partial charge in [0.15, 0.2) is 0 Å². The quantitative estimate of drug-likeness (QED) is 0.921. The van der Waals surface area contributed by atoms with E-state index >= 15 is 0 Å². The fourth-order valence-electron chi connectivity index (χ4n) is 2.54. The second-order valence-electron chi connectivity index (χ2n) is 4.99. The third kappa shape index (κ3) is 2.90. The standard InChI is InChI=1S/C16H19N3O/c1-2-17-16-18-10-9-15(19-16)20-14-8-7-12-5-3-4-6-13(12)11-14/h7-11H,2-6H2,1H3,(H,17,18,19). The zero-order valence-electron chi connectivity index (χ0n) is 11.7. The van der Waals surface area contributed by atoms with E-state index in [2.05, 4.69) is 27.4 Å². The number of aromatic nitrogens is 2. The minimum absolute atomic E-state index is 0.576. The number of ether oxygens (including phenoxy) is 1. The van der Waals surface area contributed by atoms with Crippen LogP contribution in [-0.2, 0) is 12.8 Å². The van der Waals surface area contributed by atoms with E-state index in [1.165, 1.54) is 30.4 Å². The maximum Gasteiger partial charge on any atom is 0.225 e. The molecule has 1 aliphatic carbocycles. The van der Waals surface area contributed by atoms with Gasteiger partial charge in [0.25, 0.3) is 0 Å². The van der Waals surface area contributed by atoms with Gasteiger partial charge in [0.05, 0.1) is 0 Å². The lowest BCUT2D eigenvalue weighted by Gasteiger charge is -2.16. The van der Waals surface area contributed by atoms with Gasteiger partial charge in [-0.3, -0.25) is 0 Å². The molecule has 1 heterocycles. The van der Waals surface area contributed by atoms with Crippen molar-refractivity contribution in [2.24, 2.45) is 0 Å². The summed E-state index contributed by atoms with van der Waals surface area (Å²) < 4.78 is 5.84. The van der Waals surface area contributed by atoms with Crippen molar-refractivity contribution in [2.75, 3.05) is 11.9 Å². The fourth-order valence-corrected chi connectivity index (χ4v) is 2.54. The molecular weight excluding hydrogens is 250 g/mol. The highest BCUT2D eigenvalue weighted by atomic mass is 16.5. The van der Waals surface area contributed by atoms with Crippen molar-refractivity contribution in [3.63, 3.8) is 0 Å². The fraction of sp³-hybridized carbons (Fsp3) is 0.375. The van der Waals surface area contributed by atoms with Crippen LogP contribution in [0, 0.1) is 0 Å². The molecule has 0 unspecified atom stereocenters. The summed E-state index contributed by atoms with van der Waals surface area (Å²) in [6.45, 7) is 2.81. The van der Waals surface area contributed by atoms with Gasteiger partial charge in [-0.25, -0.2) is 4.98 Å². The summed E-state index contributed by atoms with van der Waals surface area (Å²) in [6, 6.07) is 8.12. The number of hydrogen-bond donors (Lipinski definition) is 1. The Morgan fingerprint density at radius 1 is 1.15 bits per heavy atom. The Morgan fingerprint density at radius 2 is 2.00 bits per heavy atom. The zero-order valence-corrected chi connectivity index (χ0v) is 11.7. The van der Waals surface area contributed by atoms with Crippen LogP contribution >= 0.6 is 0 Å². The number of hydrogen-bond acceptors (Lipinski definition) is 4. The smallest absolute Gasteiger partial charge is 0.225 e. The lowest BCUT2D eigenvalue weighted by Crippen LogP contribution is -2.03. The van der Waals surface area contributed by atoms with Gasteiger partial charge in [0, 0.05) is 18.8 Å². The summed E-state index contributed by atoms with van der Waals surface area (Å²) in [7, 11) is 0. The van der Waals surface area contributed by atoms with Crippen molar-refractivity contribution in [2.45, 2.75) is 32.6 Å². The van der Waals surface area contributed by atoms with E-state index < -0.39 is 0 Å². The summed E-state index contributed by atoms with van der Waals surface area (Å²) in [6.07, 6.45) is 6.62. The van der Waals surface area contributed by atoms with Crippen LogP contribution in [0.1, 0.15) is 30.9 Å². The van der Waals surface area contributed by atoms with Gasteiger partial charge in [-0.1, -0.05) is 6.07 Å². The van der Waals surface area contributed by atoms with Crippen molar-refractivity contribution in [1.29, 1.82) is 0 Å². The van der Waals surface area contributed by atoms with E-state index in [-0.39, 0.29) is 0 Å². The highest BCUT2D eigenvalue weighted by Crippen LogP contribution is 2.27. The molecule has 4 heteroatoms. The highest BCUT2D eigenvalue weighted by molar-refractivity contribution is 5.39. The molecule has 0 radical (unpaired) electrons. The lowest BCUT2D eigenvalue weighted by molar-refractivity contribution is 0.460. The van der Waals surface area contributed by atoms with Crippen molar-refractivity contribution >= 4 is 5.95 Å². The lowest BCUT2D eigenvalue weighted by atomic mass is 9.92. The van der Waals surface area contributed by atoms with Crippen LogP contribution in [0.3, 0.4) is 0 Å². The van der Waals surface area contributed by atoms with Crippen LogP contribution in [0.15, 0.2) is 30.5 Å². The average Bonchev–Trinajstić information content (AvgIpc) is 2.48. The third-order valence-electron chi connectivity index (χ3n) is 3.51. The largest absolute Gasteiger partial charge is 0.439 e. The molecule has 1 N–H and O–H groups in total. The zero-order chi connectivity index (χ0) is 13.8. The second-order valence-corrected chi connectivity index (χ2v) is 4.99. The first-order valence-electron chi connectivity index (χ1n) is 7.22. The monoisotopic (exact) mass is 269 g/mol. The first-order valence-corrected chi connectivity index (χ1v) is 7.22. The van der Waals surface area contributed by atoms with Gasteiger partial charge in [0.2, 0.25) is 11.8 Å². The Labute approximate surface area is 119 Å². The second kappa shape index (κ2) is 5.90. The summed E-state index contributed by atoms with van der Waals surface area (Å²) >= 11 is 0. The van der Waals surface area contributed by atoms with Gasteiger partial charge in [0.1, 0.15) is 5.75 Å². The van der Waals surface area contributed by atoms with E-state index in [0.717, 1.165) is 18.7 Å². The van der Waals surface area contributed by atoms with E-state index in [4.69, 9.17) is 4.74 Å². The molecule has 1 aliphatic rings. The molecule has 3 rings (SSSR count). The summed E-state index contributed by atoms with van der Waals surface area (Å²) in [4.78, 5) is 8.46. The first-order chi connectivity index (χ1) is 9.85. The Balaban J connectivity index is 1.78. The third-order valence-corrected chi connectivity index (χ3v) is 3.51. The Morgan fingerprint density at radius 3 is 2.85 bits per heavy atom. The van der Waals surface area contributed by atoms with Crippen LogP contribution in [0.25, 0.3) is 0 Å². The molecule has 104 valence electrons. The van der Waals surface area contributed by atoms with E-state index in [1.807, 2.05) is 13.0 Å². The van der Waals surface area contributed by atoms with Gasteiger partial charge >= 0.3 is 0 Å². The van der Waals surface area contributed by atoms with Crippen molar-refractivity contribution in [3.05, 3.63) is 41.6 Å². The Hall–Kier alpha value is -2.10. The molecule has 0 spiro atoms. The van der Waals surface area contributed by atoms with Gasteiger partial charge in [-0.2, -0.15) is 4.98 Å². The topological polar surface area (TPSA) is 47.0 Å². The maximum absolute atomic E-state index is 5.84. The summed E-state index contributed by atoms with van der Waals surface area (Å²) in [5, 5.41) is 3.08. The number of anilines is 1. The minimum atomic E-state index is 0.576. The van der Waals surface area contributed by atoms with Gasteiger partial charge < -0.3 is 10.1 Å². The summed E-state index contributed by atoms with van der Waals surface area (Å²) in [5.74, 6) is 2.03. The SMILES string of the molecule is CCNc1nccc(Oc2ccc3c(c2)CCCC3)n1. The molecule has 0 amide bonds. The minimum Gasteiger partial charge on any atom is -0.439 e. The van der Waals surface area contributed by atoms with E-state index in [9.17, 15) is 0 Å². The highest BCUT2D eigenvalue weighted by Gasteiger charge is 2.10. The predicted molar refractivity (Wildman–Crippen MR) is 79.4 cm³/mol. The number of aryl methyl sites for hydroxylation is 2. The van der Waals surface area contributed by atoms with Crippen LogP contribution in [0.2, 0.25) is 0 Å². The number of benzene rings is 1. The molecule has 20 heavy (non-hydrogen) atoms. The number of fused-ring (bicyclic) bond motifs is 1. The number of nitrogens with one attached hydrogen (secondary N) is 1. The molecule has 2 aromatic rings. The van der Waals surface area contributed by atoms with Gasteiger partial charge in [-0.15, -0.1) is 0 Å². The Bertz CT molecular complexity index is 598. The molecule has 0 aliphatic heterocycles. The molecular formula is C16H19N3O. The molecule has 0 saturated carbocycles. The molecule has 0 atom stereocenters. The number of nitrogens with zero attached hydrogens (tertiary/aromatic N) is 2. The van der Waals surface area contributed by atoms with Crippen molar-refractivity contribution in [1.82, 2.24) is 9.97 Å². The van der Waals surface area contributed by atoms with E-state index in [0.29, 0.717) is 11.8 Å². The Kier molecular flexibility index (Phi) is 3.81. The molecule has 4 nitrogen and oxygen atoms in total.